The maximum atomic E-state index is 12.4. The minimum absolute atomic E-state index is 0.0267. The highest BCUT2D eigenvalue weighted by atomic mass is 35.5. The van der Waals surface area contributed by atoms with E-state index in [9.17, 15) is 8.42 Å². The number of nitrogens with one attached hydrogen (secondary N) is 1. The summed E-state index contributed by atoms with van der Waals surface area (Å²) in [6.07, 6.45) is 1.95. The van der Waals surface area contributed by atoms with Gasteiger partial charge in [0.15, 0.2) is 0 Å². The fourth-order valence-electron chi connectivity index (χ4n) is 1.74. The first-order valence-corrected chi connectivity index (χ1v) is 9.14. The molecule has 3 N–H and O–H groups in total. The van der Waals surface area contributed by atoms with Gasteiger partial charge in [0.05, 0.1) is 5.02 Å². The van der Waals surface area contributed by atoms with Gasteiger partial charge in [-0.05, 0) is 55.1 Å². The topological polar surface area (TPSA) is 72.2 Å². The van der Waals surface area contributed by atoms with Gasteiger partial charge in [-0.3, -0.25) is 4.72 Å². The third kappa shape index (κ3) is 3.64. The molecule has 0 spiro atoms. The second kappa shape index (κ2) is 6.17. The van der Waals surface area contributed by atoms with Gasteiger partial charge in [0.2, 0.25) is 0 Å². The first-order valence-electron chi connectivity index (χ1n) is 6.06. The Bertz CT molecular complexity index is 759. The molecular weight excluding hydrogens is 328 g/mol. The molecule has 0 aromatic heterocycles. The molecule has 0 aliphatic carbocycles. The lowest BCUT2D eigenvalue weighted by Gasteiger charge is -2.11. The van der Waals surface area contributed by atoms with Crippen molar-refractivity contribution >= 4 is 44.8 Å². The van der Waals surface area contributed by atoms with Crippen LogP contribution in [0.4, 0.5) is 11.4 Å². The van der Waals surface area contributed by atoms with E-state index >= 15 is 0 Å². The van der Waals surface area contributed by atoms with Crippen LogP contribution in [0, 0.1) is 6.92 Å². The number of sulfonamides is 1. The molecule has 2 aromatic carbocycles. The summed E-state index contributed by atoms with van der Waals surface area (Å²) in [4.78, 5) is 1.02. The lowest BCUT2D eigenvalue weighted by atomic mass is 10.2. The van der Waals surface area contributed by atoms with Crippen molar-refractivity contribution in [2.75, 3.05) is 16.7 Å². The van der Waals surface area contributed by atoms with Gasteiger partial charge in [-0.1, -0.05) is 11.6 Å². The molecule has 4 nitrogen and oxygen atoms in total. The number of rotatable bonds is 4. The molecule has 0 unspecified atom stereocenters. The van der Waals surface area contributed by atoms with E-state index in [1.807, 2.05) is 18.4 Å². The highest BCUT2D eigenvalue weighted by Crippen LogP contribution is 2.28. The largest absolute Gasteiger partial charge is 0.398 e. The van der Waals surface area contributed by atoms with Crippen molar-refractivity contribution in [1.82, 2.24) is 0 Å². The first kappa shape index (κ1) is 16.0. The number of thioether (sulfide) groups is 1. The van der Waals surface area contributed by atoms with Crippen molar-refractivity contribution in [1.29, 1.82) is 0 Å². The maximum Gasteiger partial charge on any atom is 0.263 e. The summed E-state index contributed by atoms with van der Waals surface area (Å²) in [5.74, 6) is 0. The number of nitrogen functional groups attached to an aromatic ring is 1. The van der Waals surface area contributed by atoms with E-state index in [1.54, 1.807) is 36.9 Å². The summed E-state index contributed by atoms with van der Waals surface area (Å²) in [7, 11) is -3.77. The molecule has 0 radical (unpaired) electrons. The molecule has 2 aromatic rings. The molecule has 21 heavy (non-hydrogen) atoms. The van der Waals surface area contributed by atoms with E-state index in [0.717, 1.165) is 10.5 Å². The molecule has 0 aliphatic heterocycles. The standard InChI is InChI=1S/C14H15ClN2O2S2/c1-9-7-12(15)14(8-13(9)16)21(18,19)17-10-3-5-11(20-2)6-4-10/h3-8,17H,16H2,1-2H3. The Morgan fingerprint density at radius 3 is 2.38 bits per heavy atom. The Morgan fingerprint density at radius 2 is 1.81 bits per heavy atom. The summed E-state index contributed by atoms with van der Waals surface area (Å²) in [5, 5.41) is 0.148. The molecule has 0 saturated carbocycles. The summed E-state index contributed by atoms with van der Waals surface area (Å²) in [6.45, 7) is 1.77. The van der Waals surface area contributed by atoms with Crippen LogP contribution in [0.15, 0.2) is 46.2 Å². The number of hydrogen-bond acceptors (Lipinski definition) is 4. The molecule has 0 bridgehead atoms. The second-order valence-corrected chi connectivity index (χ2v) is 7.41. The minimum atomic E-state index is -3.77. The number of hydrogen-bond donors (Lipinski definition) is 2. The summed E-state index contributed by atoms with van der Waals surface area (Å²) >= 11 is 7.60. The fraction of sp³-hybridized carbons (Fsp3) is 0.143. The monoisotopic (exact) mass is 342 g/mol. The van der Waals surface area contributed by atoms with E-state index in [1.165, 1.54) is 6.07 Å². The average Bonchev–Trinajstić information content (AvgIpc) is 2.43. The van der Waals surface area contributed by atoms with Crippen molar-refractivity contribution < 1.29 is 8.42 Å². The third-order valence-electron chi connectivity index (χ3n) is 2.95. The predicted molar refractivity (Wildman–Crippen MR) is 89.6 cm³/mol. The van der Waals surface area contributed by atoms with Crippen molar-refractivity contribution in [3.05, 3.63) is 47.0 Å². The Kier molecular flexibility index (Phi) is 4.70. The van der Waals surface area contributed by atoms with Gasteiger partial charge >= 0.3 is 0 Å². The van der Waals surface area contributed by atoms with Crippen LogP contribution in [0.3, 0.4) is 0 Å². The van der Waals surface area contributed by atoms with Crippen LogP contribution in [0.2, 0.25) is 5.02 Å². The molecule has 0 amide bonds. The fourth-order valence-corrected chi connectivity index (χ4v) is 3.83. The van der Waals surface area contributed by atoms with Gasteiger partial charge < -0.3 is 5.73 Å². The number of halogens is 1. The first-order chi connectivity index (χ1) is 9.83. The molecule has 7 heteroatoms. The van der Waals surface area contributed by atoms with Gasteiger partial charge in [0, 0.05) is 16.3 Å². The summed E-state index contributed by atoms with van der Waals surface area (Å²) < 4.78 is 27.3. The lowest BCUT2D eigenvalue weighted by Crippen LogP contribution is -2.14. The van der Waals surface area contributed by atoms with Crippen molar-refractivity contribution in [2.45, 2.75) is 16.7 Å². The zero-order valence-electron chi connectivity index (χ0n) is 11.6. The molecule has 0 heterocycles. The molecule has 0 aliphatic rings. The van der Waals surface area contributed by atoms with Crippen LogP contribution in [0.1, 0.15) is 5.56 Å². The minimum Gasteiger partial charge on any atom is -0.398 e. The molecule has 0 atom stereocenters. The predicted octanol–water partition coefficient (Wildman–Crippen LogP) is 3.75. The van der Waals surface area contributed by atoms with E-state index < -0.39 is 10.0 Å². The zero-order valence-corrected chi connectivity index (χ0v) is 13.9. The smallest absolute Gasteiger partial charge is 0.263 e. The van der Waals surface area contributed by atoms with Crippen molar-refractivity contribution in [2.24, 2.45) is 0 Å². The Labute approximate surface area is 133 Å². The third-order valence-corrected chi connectivity index (χ3v) is 5.54. The highest BCUT2D eigenvalue weighted by Gasteiger charge is 2.19. The second-order valence-electron chi connectivity index (χ2n) is 4.47. The number of benzene rings is 2. The molecular formula is C14H15ClN2O2S2. The van der Waals surface area contributed by atoms with Crippen molar-refractivity contribution in [3.8, 4) is 0 Å². The normalized spacial score (nSPS) is 11.4. The maximum absolute atomic E-state index is 12.4. The molecule has 0 fully saturated rings. The van der Waals surface area contributed by atoms with Crippen LogP contribution in [-0.2, 0) is 10.0 Å². The van der Waals surface area contributed by atoms with Gasteiger partial charge in [-0.2, -0.15) is 0 Å². The molecule has 0 saturated heterocycles. The highest BCUT2D eigenvalue weighted by molar-refractivity contribution is 7.98. The van der Waals surface area contributed by atoms with E-state index in [2.05, 4.69) is 4.72 Å². The molecule has 112 valence electrons. The number of anilines is 2. The SMILES string of the molecule is CSc1ccc(NS(=O)(=O)c2cc(N)c(C)cc2Cl)cc1. The number of aryl methyl sites for hydroxylation is 1. The van der Waals surface area contributed by atoms with Gasteiger partial charge in [0.1, 0.15) is 4.90 Å². The van der Waals surface area contributed by atoms with Crippen LogP contribution < -0.4 is 10.5 Å². The Morgan fingerprint density at radius 1 is 1.19 bits per heavy atom. The lowest BCUT2D eigenvalue weighted by molar-refractivity contribution is 0.601. The zero-order chi connectivity index (χ0) is 15.6. The van der Waals surface area contributed by atoms with E-state index in [-0.39, 0.29) is 9.92 Å². The Hall–Kier alpha value is -1.37. The van der Waals surface area contributed by atoms with Crippen LogP contribution in [0.25, 0.3) is 0 Å². The average molecular weight is 343 g/mol. The molecule has 2 rings (SSSR count). The summed E-state index contributed by atoms with van der Waals surface area (Å²) in [6, 6.07) is 10.0. The Balaban J connectivity index is 2.35. The van der Waals surface area contributed by atoms with Crippen LogP contribution >= 0.6 is 23.4 Å². The van der Waals surface area contributed by atoms with Gasteiger partial charge in [0.25, 0.3) is 10.0 Å². The van der Waals surface area contributed by atoms with Crippen LogP contribution in [0.5, 0.6) is 0 Å². The van der Waals surface area contributed by atoms with E-state index in [4.69, 9.17) is 17.3 Å². The van der Waals surface area contributed by atoms with Gasteiger partial charge in [-0.15, -0.1) is 11.8 Å². The van der Waals surface area contributed by atoms with E-state index in [0.29, 0.717) is 11.4 Å². The summed E-state index contributed by atoms with van der Waals surface area (Å²) in [5.41, 5.74) is 7.36. The quantitative estimate of drug-likeness (QED) is 0.655. The van der Waals surface area contributed by atoms with Crippen molar-refractivity contribution in [3.63, 3.8) is 0 Å². The van der Waals surface area contributed by atoms with Crippen LogP contribution in [-0.4, -0.2) is 14.7 Å². The van der Waals surface area contributed by atoms with Gasteiger partial charge in [-0.25, -0.2) is 8.42 Å². The number of nitrogens with two attached hydrogens (primary N) is 1.